The second-order valence-electron chi connectivity index (χ2n) is 6.25. The van der Waals surface area contributed by atoms with Crippen molar-refractivity contribution in [3.8, 4) is 0 Å². The molecule has 22 heavy (non-hydrogen) atoms. The molecule has 0 saturated heterocycles. The molecule has 0 aliphatic heterocycles. The molecule has 4 nitrogen and oxygen atoms in total. The van der Waals surface area contributed by atoms with E-state index in [-0.39, 0.29) is 12.6 Å². The lowest BCUT2D eigenvalue weighted by Crippen LogP contribution is -2.38. The predicted molar refractivity (Wildman–Crippen MR) is 87.6 cm³/mol. The van der Waals surface area contributed by atoms with Gasteiger partial charge in [0.25, 0.3) is 0 Å². The fraction of sp³-hybridized carbons (Fsp3) is 0.500. The molecule has 118 valence electrons. The summed E-state index contributed by atoms with van der Waals surface area (Å²) in [7, 11) is 2.02. The van der Waals surface area contributed by atoms with Crippen LogP contribution in [-0.2, 0) is 7.05 Å². The Morgan fingerprint density at radius 2 is 2.09 bits per heavy atom. The Hall–Kier alpha value is -1.65. The number of aliphatic hydroxyl groups is 1. The molecule has 1 aliphatic carbocycles. The van der Waals surface area contributed by atoms with Gasteiger partial charge in [0.2, 0.25) is 0 Å². The number of aromatic nitrogens is 2. The van der Waals surface area contributed by atoms with Gasteiger partial charge >= 0.3 is 0 Å². The highest BCUT2D eigenvalue weighted by Gasteiger charge is 2.26. The fourth-order valence-corrected chi connectivity index (χ4v) is 3.62. The van der Waals surface area contributed by atoms with Crippen LogP contribution in [0.1, 0.15) is 48.9 Å². The lowest BCUT2D eigenvalue weighted by molar-refractivity contribution is 0.214. The maximum Gasteiger partial charge on any atom is 0.0626 e. The number of hydrogen-bond donors (Lipinski definition) is 2. The van der Waals surface area contributed by atoms with Crippen molar-refractivity contribution in [2.24, 2.45) is 7.05 Å². The van der Waals surface area contributed by atoms with E-state index < -0.39 is 0 Å². The van der Waals surface area contributed by atoms with Crippen LogP contribution in [0, 0.1) is 0 Å². The van der Waals surface area contributed by atoms with Crippen molar-refractivity contribution in [3.05, 3.63) is 53.9 Å². The topological polar surface area (TPSA) is 50.1 Å². The van der Waals surface area contributed by atoms with Crippen LogP contribution in [0.25, 0.3) is 0 Å². The number of aliphatic hydroxyl groups excluding tert-OH is 1. The zero-order valence-corrected chi connectivity index (χ0v) is 13.2. The van der Waals surface area contributed by atoms with Gasteiger partial charge in [0.15, 0.2) is 0 Å². The monoisotopic (exact) mass is 299 g/mol. The first-order chi connectivity index (χ1) is 10.8. The molecule has 2 unspecified atom stereocenters. The van der Waals surface area contributed by atoms with E-state index in [0.717, 1.165) is 12.0 Å². The molecule has 0 amide bonds. The number of nitrogens with zero attached hydrogens (tertiary/aromatic N) is 2. The van der Waals surface area contributed by atoms with E-state index in [2.05, 4.69) is 28.6 Å². The van der Waals surface area contributed by atoms with Crippen LogP contribution in [0.4, 0.5) is 0 Å². The van der Waals surface area contributed by atoms with Gasteiger partial charge in [-0.1, -0.05) is 36.8 Å². The molecule has 1 saturated carbocycles. The maximum absolute atomic E-state index is 9.73. The third-order valence-corrected chi connectivity index (χ3v) is 4.77. The van der Waals surface area contributed by atoms with E-state index >= 15 is 0 Å². The first-order valence-electron chi connectivity index (χ1n) is 8.17. The minimum Gasteiger partial charge on any atom is -0.394 e. The van der Waals surface area contributed by atoms with Crippen molar-refractivity contribution in [2.45, 2.75) is 43.7 Å². The lowest BCUT2D eigenvalue weighted by Gasteiger charge is -2.32. The Morgan fingerprint density at radius 3 is 2.77 bits per heavy atom. The SMILES string of the molecule is Cn1nccc1C1CCCC(N[C@@H](CO)c2ccccc2)C1. The van der Waals surface area contributed by atoms with Crippen LogP contribution < -0.4 is 5.32 Å². The molecule has 1 aromatic carbocycles. The lowest BCUT2D eigenvalue weighted by atomic mass is 9.83. The van der Waals surface area contributed by atoms with E-state index in [0.29, 0.717) is 12.0 Å². The van der Waals surface area contributed by atoms with Gasteiger partial charge in [-0.3, -0.25) is 4.68 Å². The molecule has 4 heteroatoms. The van der Waals surface area contributed by atoms with Crippen LogP contribution in [-0.4, -0.2) is 27.5 Å². The Labute approximate surface area is 132 Å². The summed E-state index contributed by atoms with van der Waals surface area (Å²) in [5.41, 5.74) is 2.49. The number of rotatable bonds is 5. The van der Waals surface area contributed by atoms with Crippen LogP contribution in [0.3, 0.4) is 0 Å². The highest BCUT2D eigenvalue weighted by atomic mass is 16.3. The van der Waals surface area contributed by atoms with Gasteiger partial charge in [-0.25, -0.2) is 0 Å². The van der Waals surface area contributed by atoms with Crippen LogP contribution in [0.15, 0.2) is 42.6 Å². The molecule has 0 radical (unpaired) electrons. The highest BCUT2D eigenvalue weighted by molar-refractivity contribution is 5.19. The number of benzene rings is 1. The Bertz CT molecular complexity index is 581. The van der Waals surface area contributed by atoms with Crippen molar-refractivity contribution in [1.82, 2.24) is 15.1 Å². The third-order valence-electron chi connectivity index (χ3n) is 4.77. The molecule has 2 N–H and O–H groups in total. The normalized spacial score (nSPS) is 23.4. The third kappa shape index (κ3) is 3.39. The van der Waals surface area contributed by atoms with Crippen molar-refractivity contribution in [3.63, 3.8) is 0 Å². The van der Waals surface area contributed by atoms with E-state index in [1.54, 1.807) is 0 Å². The van der Waals surface area contributed by atoms with Crippen LogP contribution in [0.2, 0.25) is 0 Å². The minimum absolute atomic E-state index is 0.0245. The van der Waals surface area contributed by atoms with Crippen LogP contribution >= 0.6 is 0 Å². The van der Waals surface area contributed by atoms with Gasteiger partial charge < -0.3 is 10.4 Å². The van der Waals surface area contributed by atoms with Crippen molar-refractivity contribution in [1.29, 1.82) is 0 Å². The molecule has 2 aromatic rings. The van der Waals surface area contributed by atoms with Gasteiger partial charge in [0, 0.05) is 30.9 Å². The van der Waals surface area contributed by atoms with E-state index in [9.17, 15) is 5.11 Å². The number of hydrogen-bond acceptors (Lipinski definition) is 3. The van der Waals surface area contributed by atoms with Gasteiger partial charge in [-0.2, -0.15) is 5.10 Å². The van der Waals surface area contributed by atoms with E-state index in [4.69, 9.17) is 0 Å². The molecule has 1 heterocycles. The molecule has 1 aliphatic rings. The summed E-state index contributed by atoms with van der Waals surface area (Å²) >= 11 is 0. The average molecular weight is 299 g/mol. The summed E-state index contributed by atoms with van der Waals surface area (Å²) in [6, 6.07) is 12.8. The Balaban J connectivity index is 1.66. The van der Waals surface area contributed by atoms with Crippen LogP contribution in [0.5, 0.6) is 0 Å². The summed E-state index contributed by atoms with van der Waals surface area (Å²) in [5.74, 6) is 0.564. The molecule has 1 fully saturated rings. The van der Waals surface area contributed by atoms with E-state index in [1.807, 2.05) is 36.1 Å². The smallest absolute Gasteiger partial charge is 0.0626 e. The highest BCUT2D eigenvalue weighted by Crippen LogP contribution is 2.33. The first-order valence-corrected chi connectivity index (χ1v) is 8.17. The zero-order valence-electron chi connectivity index (χ0n) is 13.2. The van der Waals surface area contributed by atoms with Crippen molar-refractivity contribution < 1.29 is 5.11 Å². The molecule has 0 spiro atoms. The second kappa shape index (κ2) is 7.07. The molecular formula is C18H25N3O. The molecule has 1 aromatic heterocycles. The molecule has 3 rings (SSSR count). The summed E-state index contributed by atoms with van der Waals surface area (Å²) in [4.78, 5) is 0. The minimum atomic E-state index is 0.0245. The van der Waals surface area contributed by atoms with Crippen molar-refractivity contribution in [2.75, 3.05) is 6.61 Å². The Kier molecular flexibility index (Phi) is 4.90. The summed E-state index contributed by atoms with van der Waals surface area (Å²) < 4.78 is 1.99. The summed E-state index contributed by atoms with van der Waals surface area (Å²) in [6.07, 6.45) is 6.63. The summed E-state index contributed by atoms with van der Waals surface area (Å²) in [5, 5.41) is 17.7. The average Bonchev–Trinajstić information content (AvgIpc) is 3.00. The standard InChI is InChI=1S/C18H25N3O/c1-21-18(10-11-19-21)15-8-5-9-16(12-15)20-17(13-22)14-6-3-2-4-7-14/h2-4,6-7,10-11,15-17,20,22H,5,8-9,12-13H2,1H3/t15?,16?,17-/m0/s1. The quantitative estimate of drug-likeness (QED) is 0.892. The van der Waals surface area contributed by atoms with Gasteiger partial charge in [0.1, 0.15) is 0 Å². The van der Waals surface area contributed by atoms with Gasteiger partial charge in [-0.15, -0.1) is 0 Å². The fourth-order valence-electron chi connectivity index (χ4n) is 3.62. The van der Waals surface area contributed by atoms with E-state index in [1.165, 1.54) is 25.0 Å². The number of nitrogens with one attached hydrogen (secondary N) is 1. The largest absolute Gasteiger partial charge is 0.394 e. The van der Waals surface area contributed by atoms with Gasteiger partial charge in [0.05, 0.1) is 12.6 Å². The predicted octanol–water partition coefficient (Wildman–Crippen LogP) is 2.77. The zero-order chi connectivity index (χ0) is 15.4. The maximum atomic E-state index is 9.73. The second-order valence-corrected chi connectivity index (χ2v) is 6.25. The molecule has 3 atom stereocenters. The Morgan fingerprint density at radius 1 is 1.27 bits per heavy atom. The summed E-state index contributed by atoms with van der Waals surface area (Å²) in [6.45, 7) is 0.136. The molecular weight excluding hydrogens is 274 g/mol. The molecule has 0 bridgehead atoms. The number of aryl methyl sites for hydroxylation is 1. The van der Waals surface area contributed by atoms with Crippen molar-refractivity contribution >= 4 is 0 Å². The van der Waals surface area contributed by atoms with Gasteiger partial charge in [-0.05, 0) is 30.9 Å². The first kappa shape index (κ1) is 15.3.